The van der Waals surface area contributed by atoms with E-state index in [-0.39, 0.29) is 11.6 Å². The minimum absolute atomic E-state index is 0.109. The molecule has 0 radical (unpaired) electrons. The highest BCUT2D eigenvalue weighted by Crippen LogP contribution is 2.38. The Labute approximate surface area is 156 Å². The van der Waals surface area contributed by atoms with Crippen molar-refractivity contribution in [3.8, 4) is 0 Å². The lowest BCUT2D eigenvalue weighted by Gasteiger charge is -2.22. The van der Waals surface area contributed by atoms with Crippen molar-refractivity contribution < 1.29 is 9.59 Å². The van der Waals surface area contributed by atoms with E-state index in [9.17, 15) is 9.59 Å². The van der Waals surface area contributed by atoms with Crippen LogP contribution in [0, 0.1) is 0 Å². The van der Waals surface area contributed by atoms with E-state index in [0.717, 1.165) is 16.5 Å². The predicted molar refractivity (Wildman–Crippen MR) is 107 cm³/mol. The van der Waals surface area contributed by atoms with Crippen LogP contribution in [0.4, 0.5) is 11.4 Å². The molecule has 0 fully saturated rings. The van der Waals surface area contributed by atoms with Gasteiger partial charge >= 0.3 is 0 Å². The highest BCUT2D eigenvalue weighted by atomic mass is 16.1. The fourth-order valence-electron chi connectivity index (χ4n) is 3.72. The third-order valence-corrected chi connectivity index (χ3v) is 4.98. The van der Waals surface area contributed by atoms with Gasteiger partial charge in [-0.25, -0.2) is 0 Å². The molecule has 27 heavy (non-hydrogen) atoms. The molecule has 1 aliphatic rings. The van der Waals surface area contributed by atoms with E-state index >= 15 is 0 Å². The molecule has 0 saturated carbocycles. The maximum atomic E-state index is 13.3. The normalized spacial score (nSPS) is 12.6. The molecule has 1 N–H and O–H groups in total. The Kier molecular flexibility index (Phi) is 3.41. The number of hydrogen-bond acceptors (Lipinski definition) is 3. The third-order valence-electron chi connectivity index (χ3n) is 4.98. The first-order valence-corrected chi connectivity index (χ1v) is 8.80. The van der Waals surface area contributed by atoms with Crippen molar-refractivity contribution in [2.24, 2.45) is 0 Å². The average Bonchev–Trinajstić information content (AvgIpc) is 2.72. The highest BCUT2D eigenvalue weighted by molar-refractivity contribution is 6.32. The van der Waals surface area contributed by atoms with Gasteiger partial charge in [-0.3, -0.25) is 9.59 Å². The minimum atomic E-state index is -0.121. The van der Waals surface area contributed by atoms with Gasteiger partial charge in [0.05, 0.1) is 11.3 Å². The fraction of sp³-hybridized carbons (Fsp3) is 0. The molecule has 1 aliphatic carbocycles. The molecule has 0 amide bonds. The zero-order chi connectivity index (χ0) is 18.4. The summed E-state index contributed by atoms with van der Waals surface area (Å²) in [6, 6.07) is 26.4. The van der Waals surface area contributed by atoms with Crippen LogP contribution in [0.5, 0.6) is 0 Å². The molecule has 0 bridgehead atoms. The fourth-order valence-corrected chi connectivity index (χ4v) is 3.72. The van der Waals surface area contributed by atoms with Gasteiger partial charge in [0, 0.05) is 27.8 Å². The standard InChI is InChI=1S/C24H15NO2/c26-23-18-12-6-7-13-19(18)24(27)21-20(23)14-15-8-4-5-11-17(15)22(21)25-16-9-2-1-3-10-16/h1-14,25H. The monoisotopic (exact) mass is 349 g/mol. The van der Waals surface area contributed by atoms with Crippen molar-refractivity contribution in [1.29, 1.82) is 0 Å². The number of rotatable bonds is 2. The summed E-state index contributed by atoms with van der Waals surface area (Å²) in [4.78, 5) is 26.4. The summed E-state index contributed by atoms with van der Waals surface area (Å²) in [5.74, 6) is -0.230. The van der Waals surface area contributed by atoms with Gasteiger partial charge < -0.3 is 5.32 Å². The third kappa shape index (κ3) is 2.36. The van der Waals surface area contributed by atoms with Crippen LogP contribution < -0.4 is 5.32 Å². The Morgan fingerprint density at radius 2 is 1.22 bits per heavy atom. The number of fused-ring (bicyclic) bond motifs is 3. The lowest BCUT2D eigenvalue weighted by Crippen LogP contribution is -2.22. The van der Waals surface area contributed by atoms with Crippen LogP contribution in [0.3, 0.4) is 0 Å². The first-order valence-electron chi connectivity index (χ1n) is 8.80. The van der Waals surface area contributed by atoms with Gasteiger partial charge in [-0.15, -0.1) is 0 Å². The zero-order valence-corrected chi connectivity index (χ0v) is 14.4. The molecule has 0 heterocycles. The van der Waals surface area contributed by atoms with Gasteiger partial charge in [-0.2, -0.15) is 0 Å². The maximum Gasteiger partial charge on any atom is 0.196 e. The minimum Gasteiger partial charge on any atom is -0.354 e. The molecule has 0 spiro atoms. The number of para-hydroxylation sites is 1. The van der Waals surface area contributed by atoms with Crippen LogP contribution >= 0.6 is 0 Å². The van der Waals surface area contributed by atoms with Crippen LogP contribution in [-0.2, 0) is 0 Å². The van der Waals surface area contributed by atoms with E-state index in [1.807, 2.05) is 60.7 Å². The van der Waals surface area contributed by atoms with Gasteiger partial charge in [0.25, 0.3) is 0 Å². The molecule has 3 nitrogen and oxygen atoms in total. The molecule has 5 rings (SSSR count). The number of carbonyl (C=O) groups excluding carboxylic acids is 2. The summed E-state index contributed by atoms with van der Waals surface area (Å²) in [6.45, 7) is 0. The molecular formula is C24H15NO2. The molecule has 0 aliphatic heterocycles. The summed E-state index contributed by atoms with van der Waals surface area (Å²) >= 11 is 0. The lowest BCUT2D eigenvalue weighted by atomic mass is 9.81. The van der Waals surface area contributed by atoms with Crippen molar-refractivity contribution in [3.05, 3.63) is 107 Å². The van der Waals surface area contributed by atoms with Gasteiger partial charge in [-0.05, 0) is 23.6 Å². The highest BCUT2D eigenvalue weighted by Gasteiger charge is 2.32. The first-order chi connectivity index (χ1) is 13.2. The summed E-state index contributed by atoms with van der Waals surface area (Å²) in [7, 11) is 0. The Morgan fingerprint density at radius 1 is 0.593 bits per heavy atom. The zero-order valence-electron chi connectivity index (χ0n) is 14.4. The molecule has 128 valence electrons. The molecule has 0 atom stereocenters. The van der Waals surface area contributed by atoms with Crippen molar-refractivity contribution in [1.82, 2.24) is 0 Å². The summed E-state index contributed by atoms with van der Waals surface area (Å²) < 4.78 is 0. The topological polar surface area (TPSA) is 46.2 Å². The molecule has 0 unspecified atom stereocenters. The van der Waals surface area contributed by atoms with Crippen LogP contribution in [-0.4, -0.2) is 11.6 Å². The average molecular weight is 349 g/mol. The van der Waals surface area contributed by atoms with Gasteiger partial charge in [0.1, 0.15) is 0 Å². The number of nitrogens with one attached hydrogen (secondary N) is 1. The number of anilines is 2. The number of carbonyl (C=O) groups is 2. The van der Waals surface area contributed by atoms with Crippen molar-refractivity contribution in [2.45, 2.75) is 0 Å². The Morgan fingerprint density at radius 3 is 2.00 bits per heavy atom. The number of ketones is 2. The SMILES string of the molecule is O=C1c2ccccc2C(=O)c2c1cc1ccccc1c2Nc1ccccc1. The van der Waals surface area contributed by atoms with E-state index in [1.165, 1.54) is 0 Å². The smallest absolute Gasteiger partial charge is 0.196 e. The maximum absolute atomic E-state index is 13.3. The van der Waals surface area contributed by atoms with E-state index in [4.69, 9.17) is 0 Å². The lowest BCUT2D eigenvalue weighted by molar-refractivity contribution is 0.0980. The van der Waals surface area contributed by atoms with E-state index in [1.54, 1.807) is 24.3 Å². The number of hydrogen-bond donors (Lipinski definition) is 1. The predicted octanol–water partition coefficient (Wildman–Crippen LogP) is 5.36. The van der Waals surface area contributed by atoms with Gasteiger partial charge in [-0.1, -0.05) is 66.7 Å². The molecule has 3 heteroatoms. The van der Waals surface area contributed by atoms with Crippen molar-refractivity contribution in [3.63, 3.8) is 0 Å². The second-order valence-electron chi connectivity index (χ2n) is 6.59. The van der Waals surface area contributed by atoms with E-state index < -0.39 is 0 Å². The Hall–Kier alpha value is -3.72. The summed E-state index contributed by atoms with van der Waals surface area (Å²) in [6.07, 6.45) is 0. The molecule has 0 aromatic heterocycles. The summed E-state index contributed by atoms with van der Waals surface area (Å²) in [5, 5.41) is 5.23. The van der Waals surface area contributed by atoms with Crippen LogP contribution in [0.15, 0.2) is 84.9 Å². The molecule has 0 saturated heterocycles. The number of benzene rings is 4. The van der Waals surface area contributed by atoms with Crippen molar-refractivity contribution >= 4 is 33.7 Å². The Bertz CT molecular complexity index is 1230. The van der Waals surface area contributed by atoms with Crippen LogP contribution in [0.25, 0.3) is 10.8 Å². The molecule has 4 aromatic carbocycles. The first kappa shape index (κ1) is 15.5. The van der Waals surface area contributed by atoms with E-state index in [2.05, 4.69) is 5.32 Å². The summed E-state index contributed by atoms with van der Waals surface area (Å²) in [5.41, 5.74) is 3.38. The quantitative estimate of drug-likeness (QED) is 0.467. The molecule has 4 aromatic rings. The second-order valence-corrected chi connectivity index (χ2v) is 6.59. The van der Waals surface area contributed by atoms with Crippen LogP contribution in [0.2, 0.25) is 0 Å². The molecular weight excluding hydrogens is 334 g/mol. The van der Waals surface area contributed by atoms with E-state index in [0.29, 0.717) is 27.9 Å². The second kappa shape index (κ2) is 5.92. The van der Waals surface area contributed by atoms with Crippen LogP contribution in [0.1, 0.15) is 31.8 Å². The largest absolute Gasteiger partial charge is 0.354 e. The van der Waals surface area contributed by atoms with Crippen molar-refractivity contribution in [2.75, 3.05) is 5.32 Å². The van der Waals surface area contributed by atoms with Gasteiger partial charge in [0.2, 0.25) is 0 Å². The van der Waals surface area contributed by atoms with Gasteiger partial charge in [0.15, 0.2) is 11.6 Å². The Balaban J connectivity index is 1.83.